The maximum atomic E-state index is 4.41. The molecular weight excluding hydrogens is 268 g/mol. The molecule has 3 heterocycles. The predicted molar refractivity (Wildman–Crippen MR) is 83.1 cm³/mol. The molecule has 1 fully saturated rings. The zero-order valence-corrected chi connectivity index (χ0v) is 12.8. The van der Waals surface area contributed by atoms with Gasteiger partial charge in [-0.15, -0.1) is 11.3 Å². The fourth-order valence-corrected chi connectivity index (χ4v) is 3.42. The van der Waals surface area contributed by atoms with Crippen LogP contribution < -0.4 is 4.90 Å². The van der Waals surface area contributed by atoms with E-state index in [0.29, 0.717) is 6.04 Å². The van der Waals surface area contributed by atoms with E-state index in [2.05, 4.69) is 37.3 Å². The highest BCUT2D eigenvalue weighted by atomic mass is 32.1. The van der Waals surface area contributed by atoms with Crippen LogP contribution in [0.3, 0.4) is 0 Å². The Balaban J connectivity index is 1.79. The smallest absolute Gasteiger partial charge is 0.128 e. The summed E-state index contributed by atoms with van der Waals surface area (Å²) >= 11 is 1.74. The predicted octanol–water partition coefficient (Wildman–Crippen LogP) is 2.94. The Bertz CT molecular complexity index is 553. The van der Waals surface area contributed by atoms with Crippen molar-refractivity contribution in [3.63, 3.8) is 0 Å². The number of likely N-dealkylation sites (tertiary alicyclic amines) is 1. The molecule has 0 bridgehead atoms. The fourth-order valence-electron chi connectivity index (χ4n) is 2.78. The number of hydrogen-bond donors (Lipinski definition) is 0. The van der Waals surface area contributed by atoms with Crippen LogP contribution in [0.1, 0.15) is 29.5 Å². The molecule has 0 aliphatic carbocycles. The van der Waals surface area contributed by atoms with Gasteiger partial charge in [-0.25, -0.2) is 9.97 Å². The first kappa shape index (κ1) is 13.5. The van der Waals surface area contributed by atoms with Gasteiger partial charge in [-0.2, -0.15) is 0 Å². The third-order valence-corrected chi connectivity index (χ3v) is 4.56. The lowest BCUT2D eigenvalue weighted by Gasteiger charge is -2.24. The number of rotatable bonds is 4. The van der Waals surface area contributed by atoms with Crippen molar-refractivity contribution in [2.24, 2.45) is 0 Å². The maximum Gasteiger partial charge on any atom is 0.128 e. The van der Waals surface area contributed by atoms with Crippen molar-refractivity contribution in [3.8, 4) is 0 Å². The van der Waals surface area contributed by atoms with Crippen molar-refractivity contribution in [2.45, 2.75) is 25.4 Å². The molecule has 2 aromatic heterocycles. The Morgan fingerprint density at radius 3 is 3.00 bits per heavy atom. The number of nitrogens with zero attached hydrogens (tertiary/aromatic N) is 4. The lowest BCUT2D eigenvalue weighted by molar-refractivity contribution is 0.248. The van der Waals surface area contributed by atoms with E-state index in [0.717, 1.165) is 18.9 Å². The monoisotopic (exact) mass is 288 g/mol. The number of anilines is 1. The molecular formula is C15H20N4S. The third kappa shape index (κ3) is 2.83. The van der Waals surface area contributed by atoms with Gasteiger partial charge in [0.2, 0.25) is 0 Å². The second-order valence-corrected chi connectivity index (χ2v) is 6.38. The molecule has 0 radical (unpaired) electrons. The standard InChI is InChI=1S/C15H20N4S/c1-18(2)14-10-12(5-6-16-14)13-4-3-8-19(13)11-15-17-7-9-20-15/h5-7,9-10,13H,3-4,8,11H2,1-2H3/t13-/m0/s1. The molecule has 3 rings (SSSR count). The lowest BCUT2D eigenvalue weighted by Crippen LogP contribution is -2.23. The van der Waals surface area contributed by atoms with Crippen LogP contribution in [0.15, 0.2) is 29.9 Å². The molecule has 20 heavy (non-hydrogen) atoms. The largest absolute Gasteiger partial charge is 0.363 e. The summed E-state index contributed by atoms with van der Waals surface area (Å²) in [5.41, 5.74) is 1.37. The number of thiazole rings is 1. The van der Waals surface area contributed by atoms with Crippen molar-refractivity contribution in [1.82, 2.24) is 14.9 Å². The first-order valence-electron chi connectivity index (χ1n) is 7.00. The summed E-state index contributed by atoms with van der Waals surface area (Å²) in [5, 5.41) is 3.26. The van der Waals surface area contributed by atoms with Crippen LogP contribution in [0, 0.1) is 0 Å². The molecule has 0 saturated carbocycles. The molecule has 1 atom stereocenters. The Labute approximate surface area is 124 Å². The quantitative estimate of drug-likeness (QED) is 0.866. The maximum absolute atomic E-state index is 4.41. The van der Waals surface area contributed by atoms with Crippen LogP contribution in [0.2, 0.25) is 0 Å². The van der Waals surface area contributed by atoms with E-state index in [1.54, 1.807) is 11.3 Å². The van der Waals surface area contributed by atoms with Crippen molar-refractivity contribution in [1.29, 1.82) is 0 Å². The van der Waals surface area contributed by atoms with Gasteiger partial charge in [0.15, 0.2) is 0 Å². The van der Waals surface area contributed by atoms with Crippen LogP contribution in [-0.2, 0) is 6.54 Å². The molecule has 4 nitrogen and oxygen atoms in total. The summed E-state index contributed by atoms with van der Waals surface area (Å²) in [6, 6.07) is 4.86. The van der Waals surface area contributed by atoms with E-state index in [9.17, 15) is 0 Å². The molecule has 0 unspecified atom stereocenters. The minimum Gasteiger partial charge on any atom is -0.363 e. The SMILES string of the molecule is CN(C)c1cc([C@@H]2CCCN2Cc2nccs2)ccn1. The molecule has 0 spiro atoms. The summed E-state index contributed by atoms with van der Waals surface area (Å²) in [5.74, 6) is 1.03. The van der Waals surface area contributed by atoms with Crippen molar-refractivity contribution in [2.75, 3.05) is 25.5 Å². The van der Waals surface area contributed by atoms with E-state index in [1.165, 1.54) is 23.4 Å². The molecule has 1 saturated heterocycles. The van der Waals surface area contributed by atoms with Crippen LogP contribution >= 0.6 is 11.3 Å². The van der Waals surface area contributed by atoms with Gasteiger partial charge in [-0.1, -0.05) is 0 Å². The van der Waals surface area contributed by atoms with E-state index in [-0.39, 0.29) is 0 Å². The molecule has 0 aromatic carbocycles. The van der Waals surface area contributed by atoms with Gasteiger partial charge in [0.1, 0.15) is 10.8 Å². The van der Waals surface area contributed by atoms with Gasteiger partial charge >= 0.3 is 0 Å². The van der Waals surface area contributed by atoms with Crippen molar-refractivity contribution < 1.29 is 0 Å². The molecule has 1 aliphatic heterocycles. The molecule has 0 N–H and O–H groups in total. The highest BCUT2D eigenvalue weighted by Crippen LogP contribution is 2.34. The molecule has 106 valence electrons. The van der Waals surface area contributed by atoms with Crippen LogP contribution in [0.25, 0.3) is 0 Å². The average molecular weight is 288 g/mol. The van der Waals surface area contributed by atoms with Gasteiger partial charge in [0.05, 0.1) is 6.54 Å². The summed E-state index contributed by atoms with van der Waals surface area (Å²) < 4.78 is 0. The zero-order valence-electron chi connectivity index (χ0n) is 12.0. The topological polar surface area (TPSA) is 32.3 Å². The highest BCUT2D eigenvalue weighted by Gasteiger charge is 2.26. The minimum absolute atomic E-state index is 0.501. The van der Waals surface area contributed by atoms with E-state index in [1.807, 2.05) is 26.5 Å². The lowest BCUT2D eigenvalue weighted by atomic mass is 10.1. The normalized spacial score (nSPS) is 19.4. The fraction of sp³-hybridized carbons (Fsp3) is 0.467. The highest BCUT2D eigenvalue weighted by molar-refractivity contribution is 7.09. The second-order valence-electron chi connectivity index (χ2n) is 5.40. The van der Waals surface area contributed by atoms with Crippen LogP contribution in [0.5, 0.6) is 0 Å². The Hall–Kier alpha value is -1.46. The van der Waals surface area contributed by atoms with Gasteiger partial charge in [-0.3, -0.25) is 4.90 Å². The molecule has 2 aromatic rings. The number of pyridine rings is 1. The summed E-state index contributed by atoms with van der Waals surface area (Å²) in [4.78, 5) is 13.4. The van der Waals surface area contributed by atoms with Gasteiger partial charge in [0, 0.05) is 37.9 Å². The van der Waals surface area contributed by atoms with E-state index >= 15 is 0 Å². The van der Waals surface area contributed by atoms with E-state index < -0.39 is 0 Å². The minimum atomic E-state index is 0.501. The summed E-state index contributed by atoms with van der Waals surface area (Å²) in [6.07, 6.45) is 6.30. The van der Waals surface area contributed by atoms with Crippen LogP contribution in [0.4, 0.5) is 5.82 Å². The Morgan fingerprint density at radius 2 is 2.25 bits per heavy atom. The average Bonchev–Trinajstić information content (AvgIpc) is 3.11. The first-order chi connectivity index (χ1) is 9.74. The number of hydrogen-bond acceptors (Lipinski definition) is 5. The second kappa shape index (κ2) is 5.89. The first-order valence-corrected chi connectivity index (χ1v) is 7.87. The van der Waals surface area contributed by atoms with Gasteiger partial charge in [0.25, 0.3) is 0 Å². The van der Waals surface area contributed by atoms with Gasteiger partial charge < -0.3 is 4.90 Å². The summed E-state index contributed by atoms with van der Waals surface area (Å²) in [7, 11) is 4.07. The van der Waals surface area contributed by atoms with Gasteiger partial charge in [-0.05, 0) is 37.1 Å². The molecule has 1 aliphatic rings. The van der Waals surface area contributed by atoms with E-state index in [4.69, 9.17) is 0 Å². The molecule has 5 heteroatoms. The number of aromatic nitrogens is 2. The Morgan fingerprint density at radius 1 is 1.35 bits per heavy atom. The van der Waals surface area contributed by atoms with Crippen LogP contribution in [-0.4, -0.2) is 35.5 Å². The summed E-state index contributed by atoms with van der Waals surface area (Å²) in [6.45, 7) is 2.12. The zero-order chi connectivity index (χ0) is 13.9. The Kier molecular flexibility index (Phi) is 3.98. The van der Waals surface area contributed by atoms with Crippen molar-refractivity contribution >= 4 is 17.2 Å². The van der Waals surface area contributed by atoms with Crippen molar-refractivity contribution in [3.05, 3.63) is 40.5 Å². The molecule has 0 amide bonds. The third-order valence-electron chi connectivity index (χ3n) is 3.80.